The quantitative estimate of drug-likeness (QED) is 0.923. The van der Waals surface area contributed by atoms with E-state index in [4.69, 9.17) is 10.5 Å². The van der Waals surface area contributed by atoms with Crippen LogP contribution in [0.15, 0.2) is 18.2 Å². The molecular formula is C18H28N2O. The molecule has 0 spiro atoms. The van der Waals surface area contributed by atoms with Crippen molar-refractivity contribution in [1.29, 1.82) is 0 Å². The van der Waals surface area contributed by atoms with E-state index in [0.29, 0.717) is 12.1 Å². The van der Waals surface area contributed by atoms with Crippen molar-refractivity contribution in [2.75, 3.05) is 18.0 Å². The Morgan fingerprint density at radius 3 is 2.43 bits per heavy atom. The highest BCUT2D eigenvalue weighted by Crippen LogP contribution is 2.29. The Morgan fingerprint density at radius 2 is 1.76 bits per heavy atom. The number of benzene rings is 1. The highest BCUT2D eigenvalue weighted by atomic mass is 16.5. The summed E-state index contributed by atoms with van der Waals surface area (Å²) in [5.41, 5.74) is 8.66. The van der Waals surface area contributed by atoms with Crippen molar-refractivity contribution in [1.82, 2.24) is 0 Å². The van der Waals surface area contributed by atoms with E-state index in [1.54, 1.807) is 0 Å². The minimum atomic E-state index is 0.385. The topological polar surface area (TPSA) is 38.5 Å². The second-order valence-corrected chi connectivity index (χ2v) is 6.65. The van der Waals surface area contributed by atoms with Crippen molar-refractivity contribution < 1.29 is 4.74 Å². The van der Waals surface area contributed by atoms with E-state index >= 15 is 0 Å². The van der Waals surface area contributed by atoms with Gasteiger partial charge in [0.05, 0.1) is 6.10 Å². The molecule has 2 N–H and O–H groups in total. The van der Waals surface area contributed by atoms with Crippen molar-refractivity contribution in [3.05, 3.63) is 23.8 Å². The van der Waals surface area contributed by atoms with Gasteiger partial charge in [-0.15, -0.1) is 0 Å². The Balaban J connectivity index is 1.64. The molecule has 0 radical (unpaired) electrons. The maximum atomic E-state index is 6.16. The number of piperidine rings is 1. The van der Waals surface area contributed by atoms with Crippen LogP contribution in [0.3, 0.4) is 0 Å². The van der Waals surface area contributed by atoms with Gasteiger partial charge in [-0.2, -0.15) is 0 Å². The molecule has 3 rings (SSSR count). The van der Waals surface area contributed by atoms with Gasteiger partial charge in [0.1, 0.15) is 5.75 Å². The van der Waals surface area contributed by atoms with Gasteiger partial charge >= 0.3 is 0 Å². The Hall–Kier alpha value is -1.22. The summed E-state index contributed by atoms with van der Waals surface area (Å²) in [6.07, 6.45) is 9.05. The lowest BCUT2D eigenvalue weighted by Gasteiger charge is -2.33. The molecule has 1 aliphatic heterocycles. The van der Waals surface area contributed by atoms with Crippen molar-refractivity contribution in [3.8, 4) is 5.75 Å². The molecule has 3 heteroatoms. The zero-order chi connectivity index (χ0) is 14.7. The number of hydrogen-bond donors (Lipinski definition) is 1. The molecule has 0 aromatic heterocycles. The van der Waals surface area contributed by atoms with Crippen molar-refractivity contribution in [2.45, 2.75) is 64.0 Å². The average molecular weight is 288 g/mol. The number of aryl methyl sites for hydroxylation is 1. The smallest absolute Gasteiger partial charge is 0.120 e. The van der Waals surface area contributed by atoms with E-state index in [2.05, 4.69) is 30.0 Å². The first-order valence-corrected chi connectivity index (χ1v) is 8.50. The van der Waals surface area contributed by atoms with E-state index in [-0.39, 0.29) is 0 Å². The normalized spacial score (nSPS) is 21.5. The highest BCUT2D eigenvalue weighted by molar-refractivity contribution is 5.56. The van der Waals surface area contributed by atoms with E-state index in [1.807, 2.05) is 0 Å². The SMILES string of the molecule is Cc1cc(OC2CCCCC2)ccc1N1CCC(N)CC1. The highest BCUT2D eigenvalue weighted by Gasteiger charge is 2.19. The monoisotopic (exact) mass is 288 g/mol. The van der Waals surface area contributed by atoms with Gasteiger partial charge in [0.15, 0.2) is 0 Å². The van der Waals surface area contributed by atoms with Gasteiger partial charge in [-0.05, 0) is 69.2 Å². The van der Waals surface area contributed by atoms with Gasteiger partial charge in [0.2, 0.25) is 0 Å². The fourth-order valence-electron chi connectivity index (χ4n) is 3.57. The van der Waals surface area contributed by atoms with Crippen LogP contribution in [0.4, 0.5) is 5.69 Å². The molecule has 1 heterocycles. The molecule has 1 saturated heterocycles. The van der Waals surface area contributed by atoms with E-state index in [9.17, 15) is 0 Å². The standard InChI is InChI=1S/C18H28N2O/c1-14-13-17(21-16-5-3-2-4-6-16)7-8-18(14)20-11-9-15(19)10-12-20/h7-8,13,15-16H,2-6,9-12,19H2,1H3. The number of ether oxygens (including phenoxy) is 1. The lowest BCUT2D eigenvalue weighted by atomic mass is 9.98. The van der Waals surface area contributed by atoms with Gasteiger partial charge in [0.25, 0.3) is 0 Å². The zero-order valence-electron chi connectivity index (χ0n) is 13.2. The second kappa shape index (κ2) is 6.69. The van der Waals surface area contributed by atoms with Crippen LogP contribution in [0.1, 0.15) is 50.5 Å². The molecular weight excluding hydrogens is 260 g/mol. The van der Waals surface area contributed by atoms with Gasteiger partial charge in [0, 0.05) is 24.8 Å². The molecule has 1 saturated carbocycles. The summed E-state index contributed by atoms with van der Waals surface area (Å²) < 4.78 is 6.16. The molecule has 1 aliphatic carbocycles. The van der Waals surface area contributed by atoms with Crippen LogP contribution in [-0.4, -0.2) is 25.2 Å². The predicted octanol–water partition coefficient (Wildman–Crippen LogP) is 3.63. The minimum absolute atomic E-state index is 0.385. The van der Waals surface area contributed by atoms with Crippen LogP contribution in [0.25, 0.3) is 0 Å². The summed E-state index contributed by atoms with van der Waals surface area (Å²) in [7, 11) is 0. The van der Waals surface area contributed by atoms with Crippen LogP contribution >= 0.6 is 0 Å². The predicted molar refractivity (Wildman–Crippen MR) is 88.1 cm³/mol. The molecule has 0 bridgehead atoms. The lowest BCUT2D eigenvalue weighted by molar-refractivity contribution is 0.155. The number of anilines is 1. The van der Waals surface area contributed by atoms with Crippen molar-refractivity contribution in [2.24, 2.45) is 5.73 Å². The Bertz CT molecular complexity index is 460. The zero-order valence-corrected chi connectivity index (χ0v) is 13.2. The summed E-state index contributed by atoms with van der Waals surface area (Å²) in [6.45, 7) is 4.34. The Morgan fingerprint density at radius 1 is 1.05 bits per heavy atom. The van der Waals surface area contributed by atoms with Gasteiger partial charge < -0.3 is 15.4 Å². The molecule has 1 aromatic carbocycles. The molecule has 1 aromatic rings. The minimum Gasteiger partial charge on any atom is -0.490 e. The first kappa shape index (κ1) is 14.7. The third-order valence-corrected chi connectivity index (χ3v) is 4.90. The summed E-state index contributed by atoms with van der Waals surface area (Å²) in [5, 5.41) is 0. The fraction of sp³-hybridized carbons (Fsp3) is 0.667. The van der Waals surface area contributed by atoms with Crippen LogP contribution < -0.4 is 15.4 Å². The number of nitrogens with two attached hydrogens (primary N) is 1. The fourth-order valence-corrected chi connectivity index (χ4v) is 3.57. The molecule has 0 atom stereocenters. The van der Waals surface area contributed by atoms with Crippen LogP contribution in [0.2, 0.25) is 0 Å². The first-order valence-electron chi connectivity index (χ1n) is 8.50. The van der Waals surface area contributed by atoms with Crippen LogP contribution in [0.5, 0.6) is 5.75 Å². The molecule has 2 aliphatic rings. The third-order valence-electron chi connectivity index (χ3n) is 4.90. The van der Waals surface area contributed by atoms with Gasteiger partial charge in [-0.1, -0.05) is 6.42 Å². The maximum absolute atomic E-state index is 6.16. The van der Waals surface area contributed by atoms with Crippen LogP contribution in [-0.2, 0) is 0 Å². The number of hydrogen-bond acceptors (Lipinski definition) is 3. The summed E-state index contributed by atoms with van der Waals surface area (Å²) >= 11 is 0. The van der Waals surface area contributed by atoms with Crippen molar-refractivity contribution >= 4 is 5.69 Å². The second-order valence-electron chi connectivity index (χ2n) is 6.65. The average Bonchev–Trinajstić information content (AvgIpc) is 2.50. The van der Waals surface area contributed by atoms with E-state index < -0.39 is 0 Å². The number of nitrogens with zero attached hydrogens (tertiary/aromatic N) is 1. The van der Waals surface area contributed by atoms with Crippen LogP contribution in [0, 0.1) is 6.92 Å². The third kappa shape index (κ3) is 3.70. The largest absolute Gasteiger partial charge is 0.490 e. The maximum Gasteiger partial charge on any atom is 0.120 e. The van der Waals surface area contributed by atoms with Gasteiger partial charge in [-0.3, -0.25) is 0 Å². The molecule has 21 heavy (non-hydrogen) atoms. The molecule has 0 amide bonds. The molecule has 2 fully saturated rings. The summed E-state index contributed by atoms with van der Waals surface area (Å²) in [4.78, 5) is 2.46. The first-order chi connectivity index (χ1) is 10.2. The Kier molecular flexibility index (Phi) is 4.69. The summed E-state index contributed by atoms with van der Waals surface area (Å²) in [5.74, 6) is 1.04. The van der Waals surface area contributed by atoms with Gasteiger partial charge in [-0.25, -0.2) is 0 Å². The Labute approximate surface area is 128 Å². The molecule has 3 nitrogen and oxygen atoms in total. The number of rotatable bonds is 3. The van der Waals surface area contributed by atoms with E-state index in [1.165, 1.54) is 43.4 Å². The lowest BCUT2D eigenvalue weighted by Crippen LogP contribution is -2.39. The van der Waals surface area contributed by atoms with Crippen molar-refractivity contribution in [3.63, 3.8) is 0 Å². The molecule has 0 unspecified atom stereocenters. The van der Waals surface area contributed by atoms with E-state index in [0.717, 1.165) is 31.7 Å². The summed E-state index contributed by atoms with van der Waals surface area (Å²) in [6, 6.07) is 6.96. The molecule has 116 valence electrons.